The van der Waals surface area contributed by atoms with Crippen molar-refractivity contribution < 1.29 is 21.9 Å². The van der Waals surface area contributed by atoms with Crippen molar-refractivity contribution in [3.63, 3.8) is 0 Å². The first-order valence-electron chi connectivity index (χ1n) is 5.25. The van der Waals surface area contributed by atoms with Crippen molar-refractivity contribution in [3.8, 4) is 5.75 Å². The van der Waals surface area contributed by atoms with Crippen LogP contribution in [0.15, 0.2) is 23.1 Å². The minimum Gasteiger partial charge on any atom is -0.433 e. The highest BCUT2D eigenvalue weighted by Crippen LogP contribution is 2.28. The van der Waals surface area contributed by atoms with Crippen LogP contribution in [0.1, 0.15) is 0 Å². The van der Waals surface area contributed by atoms with Gasteiger partial charge in [-0.25, -0.2) is 13.1 Å². The lowest BCUT2D eigenvalue weighted by Crippen LogP contribution is -2.30. The molecule has 0 radical (unpaired) electrons. The Morgan fingerprint density at radius 2 is 2.00 bits per heavy atom. The summed E-state index contributed by atoms with van der Waals surface area (Å²) in [6, 6.07) is 3.29. The van der Waals surface area contributed by atoms with Crippen molar-refractivity contribution in [2.45, 2.75) is 11.5 Å². The number of likely N-dealkylation sites (N-methyl/N-ethyl adjacent to an activating group) is 1. The van der Waals surface area contributed by atoms with E-state index in [9.17, 15) is 17.2 Å². The van der Waals surface area contributed by atoms with Gasteiger partial charge >= 0.3 is 6.61 Å². The predicted octanol–water partition coefficient (Wildman–Crippen LogP) is 1.86. The first-order chi connectivity index (χ1) is 8.86. The van der Waals surface area contributed by atoms with E-state index in [2.05, 4.69) is 14.8 Å². The summed E-state index contributed by atoms with van der Waals surface area (Å²) in [5.74, 6) is -0.272. The largest absolute Gasteiger partial charge is 0.433 e. The molecule has 0 aliphatic heterocycles. The van der Waals surface area contributed by atoms with E-state index in [-0.39, 0.29) is 34.6 Å². The Morgan fingerprint density at radius 3 is 2.50 bits per heavy atom. The molecule has 0 aliphatic rings. The van der Waals surface area contributed by atoms with E-state index in [4.69, 9.17) is 11.6 Å². The lowest BCUT2D eigenvalue weighted by molar-refractivity contribution is -0.0498. The zero-order chi connectivity index (χ0) is 14.5. The van der Waals surface area contributed by atoms with E-state index >= 15 is 0 Å². The van der Waals surface area contributed by atoms with Crippen molar-refractivity contribution in [2.75, 3.05) is 20.1 Å². The molecule has 116 valence electrons. The van der Waals surface area contributed by atoms with Gasteiger partial charge in [0.2, 0.25) is 10.0 Å². The zero-order valence-corrected chi connectivity index (χ0v) is 12.8. The van der Waals surface area contributed by atoms with Gasteiger partial charge in [0.25, 0.3) is 0 Å². The fourth-order valence-corrected chi connectivity index (χ4v) is 2.58. The molecule has 10 heteroatoms. The van der Waals surface area contributed by atoms with Crippen LogP contribution in [0, 0.1) is 0 Å². The highest BCUT2D eigenvalue weighted by Gasteiger charge is 2.16. The van der Waals surface area contributed by atoms with E-state index in [1.165, 1.54) is 0 Å². The smallest absolute Gasteiger partial charge is 0.387 e. The maximum atomic E-state index is 12.0. The molecule has 1 aromatic rings. The van der Waals surface area contributed by atoms with Crippen LogP contribution in [-0.2, 0) is 10.0 Å². The molecule has 0 bridgehead atoms. The number of benzene rings is 1. The molecule has 1 rings (SSSR count). The molecule has 0 aromatic heterocycles. The first kappa shape index (κ1) is 19.3. The number of hydrogen-bond donors (Lipinski definition) is 2. The van der Waals surface area contributed by atoms with Crippen molar-refractivity contribution in [1.82, 2.24) is 10.0 Å². The van der Waals surface area contributed by atoms with Gasteiger partial charge in [-0.15, -0.1) is 12.4 Å². The average molecular weight is 351 g/mol. The molecule has 20 heavy (non-hydrogen) atoms. The van der Waals surface area contributed by atoms with Gasteiger partial charge in [-0.2, -0.15) is 8.78 Å². The zero-order valence-electron chi connectivity index (χ0n) is 10.4. The second-order valence-electron chi connectivity index (χ2n) is 3.47. The molecule has 0 fully saturated rings. The van der Waals surface area contributed by atoms with Gasteiger partial charge in [-0.3, -0.25) is 0 Å². The van der Waals surface area contributed by atoms with E-state index < -0.39 is 16.6 Å². The Labute approximate surface area is 127 Å². The highest BCUT2D eigenvalue weighted by atomic mass is 35.5. The van der Waals surface area contributed by atoms with Crippen molar-refractivity contribution in [1.29, 1.82) is 0 Å². The van der Waals surface area contributed by atoms with Crippen molar-refractivity contribution >= 4 is 34.0 Å². The average Bonchev–Trinajstić information content (AvgIpc) is 2.31. The Bertz CT molecular complexity index is 529. The molecule has 1 aromatic carbocycles. The van der Waals surface area contributed by atoms with Crippen molar-refractivity contribution in [3.05, 3.63) is 23.2 Å². The molecule has 0 amide bonds. The topological polar surface area (TPSA) is 67.4 Å². The summed E-state index contributed by atoms with van der Waals surface area (Å²) in [4.78, 5) is -0.116. The Morgan fingerprint density at radius 1 is 1.35 bits per heavy atom. The van der Waals surface area contributed by atoms with Gasteiger partial charge < -0.3 is 10.1 Å². The molecule has 0 heterocycles. The van der Waals surface area contributed by atoms with E-state index in [0.717, 1.165) is 18.2 Å². The summed E-state index contributed by atoms with van der Waals surface area (Å²) in [5.41, 5.74) is 0. The molecular formula is C10H14Cl2F2N2O3S. The lowest BCUT2D eigenvalue weighted by Gasteiger charge is -2.10. The second-order valence-corrected chi connectivity index (χ2v) is 5.65. The van der Waals surface area contributed by atoms with Crippen LogP contribution < -0.4 is 14.8 Å². The van der Waals surface area contributed by atoms with E-state index in [1.54, 1.807) is 7.05 Å². The number of sulfonamides is 1. The van der Waals surface area contributed by atoms with Crippen LogP contribution in [0.5, 0.6) is 5.75 Å². The summed E-state index contributed by atoms with van der Waals surface area (Å²) >= 11 is 5.68. The maximum absolute atomic E-state index is 12.0. The molecule has 2 N–H and O–H groups in total. The van der Waals surface area contributed by atoms with Gasteiger partial charge in [-0.1, -0.05) is 11.6 Å². The third-order valence-corrected chi connectivity index (χ3v) is 3.85. The van der Waals surface area contributed by atoms with Gasteiger partial charge in [0.1, 0.15) is 5.75 Å². The van der Waals surface area contributed by atoms with Crippen LogP contribution in [0.2, 0.25) is 5.02 Å². The van der Waals surface area contributed by atoms with Crippen LogP contribution in [-0.4, -0.2) is 35.2 Å². The molecule has 5 nitrogen and oxygen atoms in total. The number of nitrogens with one attached hydrogen (secondary N) is 2. The number of hydrogen-bond acceptors (Lipinski definition) is 4. The molecule has 0 atom stereocenters. The minimum atomic E-state index is -3.72. The SMILES string of the molecule is CNCCNS(=O)(=O)c1ccc(OC(F)F)c(Cl)c1.Cl. The van der Waals surface area contributed by atoms with Crippen LogP contribution in [0.3, 0.4) is 0 Å². The molecule has 0 spiro atoms. The van der Waals surface area contributed by atoms with Gasteiger partial charge in [0.05, 0.1) is 9.92 Å². The summed E-state index contributed by atoms with van der Waals surface area (Å²) < 4.78 is 54.1. The molecule has 0 saturated heterocycles. The lowest BCUT2D eigenvalue weighted by atomic mass is 10.3. The molecular weight excluding hydrogens is 337 g/mol. The predicted molar refractivity (Wildman–Crippen MR) is 74.4 cm³/mol. The summed E-state index contributed by atoms with van der Waals surface area (Å²) in [6.45, 7) is -2.36. The molecule has 0 unspecified atom stereocenters. The standard InChI is InChI=1S/C10H13ClF2N2O3S.ClH/c1-14-4-5-15-19(16,17)7-2-3-9(8(11)6-7)18-10(12)13;/h2-3,6,10,14-15H,4-5H2,1H3;1H. The number of alkyl halides is 2. The van der Waals surface area contributed by atoms with E-state index in [0.29, 0.717) is 6.54 Å². The normalized spacial score (nSPS) is 11.2. The Balaban J connectivity index is 0.00000361. The minimum absolute atomic E-state index is 0. The summed E-state index contributed by atoms with van der Waals surface area (Å²) in [7, 11) is -2.04. The third-order valence-electron chi connectivity index (χ3n) is 2.10. The van der Waals surface area contributed by atoms with Gasteiger partial charge in [0.15, 0.2) is 0 Å². The third kappa shape index (κ3) is 5.76. The van der Waals surface area contributed by atoms with Crippen LogP contribution >= 0.6 is 24.0 Å². The van der Waals surface area contributed by atoms with Gasteiger partial charge in [-0.05, 0) is 25.2 Å². The number of rotatable bonds is 7. The van der Waals surface area contributed by atoms with Gasteiger partial charge in [0, 0.05) is 13.1 Å². The maximum Gasteiger partial charge on any atom is 0.387 e. The second kappa shape index (κ2) is 8.58. The Hall–Kier alpha value is -0.670. The highest BCUT2D eigenvalue weighted by molar-refractivity contribution is 7.89. The summed E-state index contributed by atoms with van der Waals surface area (Å²) in [5, 5.41) is 2.58. The number of ether oxygens (including phenoxy) is 1. The molecule has 0 saturated carbocycles. The van der Waals surface area contributed by atoms with Crippen LogP contribution in [0.4, 0.5) is 8.78 Å². The van der Waals surface area contributed by atoms with Crippen molar-refractivity contribution in [2.24, 2.45) is 0 Å². The quantitative estimate of drug-likeness (QED) is 0.736. The fraction of sp³-hybridized carbons (Fsp3) is 0.400. The first-order valence-corrected chi connectivity index (χ1v) is 7.11. The summed E-state index contributed by atoms with van der Waals surface area (Å²) in [6.07, 6.45) is 0. The number of halogens is 4. The molecule has 0 aliphatic carbocycles. The van der Waals surface area contributed by atoms with E-state index in [1.807, 2.05) is 0 Å². The van der Waals surface area contributed by atoms with Crippen LogP contribution in [0.25, 0.3) is 0 Å². The Kier molecular flexibility index (Phi) is 8.29. The monoisotopic (exact) mass is 350 g/mol. The fourth-order valence-electron chi connectivity index (χ4n) is 1.23.